The van der Waals surface area contributed by atoms with Crippen LogP contribution >= 0.6 is 0 Å². The monoisotopic (exact) mass is 245 g/mol. The Morgan fingerprint density at radius 1 is 1.33 bits per heavy atom. The van der Waals surface area contributed by atoms with Crippen LogP contribution in [0.5, 0.6) is 0 Å². The average molecular weight is 245 g/mol. The summed E-state index contributed by atoms with van der Waals surface area (Å²) in [7, 11) is 0. The van der Waals surface area contributed by atoms with Gasteiger partial charge in [0.15, 0.2) is 0 Å². The molecule has 0 saturated heterocycles. The fourth-order valence-electron chi connectivity index (χ4n) is 1.62. The molecule has 0 unspecified atom stereocenters. The lowest BCUT2D eigenvalue weighted by molar-refractivity contribution is 0.259. The van der Waals surface area contributed by atoms with Crippen LogP contribution in [-0.2, 0) is 6.54 Å². The van der Waals surface area contributed by atoms with Crippen LogP contribution in [0.2, 0.25) is 0 Å². The summed E-state index contributed by atoms with van der Waals surface area (Å²) in [5.41, 5.74) is 7.71. The third-order valence-corrected chi connectivity index (χ3v) is 2.55. The van der Waals surface area contributed by atoms with E-state index in [4.69, 9.17) is 10.2 Å². The van der Waals surface area contributed by atoms with E-state index < -0.39 is 6.03 Å². The number of aryl methyl sites for hydroxylation is 1. The van der Waals surface area contributed by atoms with Gasteiger partial charge in [0, 0.05) is 11.4 Å². The number of hydrogen-bond donors (Lipinski definition) is 3. The summed E-state index contributed by atoms with van der Waals surface area (Å²) in [6, 6.07) is 8.67. The Bertz CT molecular complexity index is 549. The zero-order valence-corrected chi connectivity index (χ0v) is 10.1. The van der Waals surface area contributed by atoms with Crippen LogP contribution in [0.1, 0.15) is 11.3 Å². The molecule has 1 heterocycles. The minimum atomic E-state index is -0.575. The van der Waals surface area contributed by atoms with Gasteiger partial charge in [-0.15, -0.1) is 0 Å². The predicted molar refractivity (Wildman–Crippen MR) is 70.4 cm³/mol. The highest BCUT2D eigenvalue weighted by Crippen LogP contribution is 2.17. The topological polar surface area (TPSA) is 80.3 Å². The molecule has 0 bridgehead atoms. The Labute approximate surface area is 105 Å². The van der Waals surface area contributed by atoms with Crippen molar-refractivity contribution in [3.63, 3.8) is 0 Å². The first kappa shape index (κ1) is 12.0. The molecule has 18 heavy (non-hydrogen) atoms. The molecule has 2 aromatic rings. The lowest BCUT2D eigenvalue weighted by atomic mass is 10.2. The molecule has 0 spiro atoms. The molecule has 2 rings (SSSR count). The normalized spacial score (nSPS) is 10.1. The summed E-state index contributed by atoms with van der Waals surface area (Å²) in [5, 5.41) is 5.74. The van der Waals surface area contributed by atoms with E-state index in [1.54, 1.807) is 12.3 Å². The van der Waals surface area contributed by atoms with Gasteiger partial charge in [0.05, 0.1) is 12.8 Å². The molecule has 0 saturated carbocycles. The number of anilines is 2. The van der Waals surface area contributed by atoms with Crippen molar-refractivity contribution in [1.82, 2.24) is 0 Å². The summed E-state index contributed by atoms with van der Waals surface area (Å²) in [6.45, 7) is 2.59. The van der Waals surface area contributed by atoms with Crippen molar-refractivity contribution in [2.24, 2.45) is 5.73 Å². The van der Waals surface area contributed by atoms with Crippen molar-refractivity contribution in [2.75, 3.05) is 10.6 Å². The van der Waals surface area contributed by atoms with Crippen molar-refractivity contribution >= 4 is 17.4 Å². The van der Waals surface area contributed by atoms with E-state index in [9.17, 15) is 4.79 Å². The van der Waals surface area contributed by atoms with Crippen LogP contribution in [0.15, 0.2) is 41.0 Å². The number of primary amides is 1. The third-order valence-electron chi connectivity index (χ3n) is 2.55. The summed E-state index contributed by atoms with van der Waals surface area (Å²) in [6.07, 6.45) is 1.66. The molecule has 0 aliphatic rings. The Balaban J connectivity index is 2.01. The second-order valence-corrected chi connectivity index (χ2v) is 3.95. The van der Waals surface area contributed by atoms with E-state index in [1.165, 1.54) is 0 Å². The van der Waals surface area contributed by atoms with E-state index in [0.29, 0.717) is 12.2 Å². The standard InChI is InChI=1S/C13H15N3O2/c1-9-5-6-18-12(9)8-15-10-3-2-4-11(7-10)16-13(14)17/h2-7,15H,8H2,1H3,(H3,14,16,17). The van der Waals surface area contributed by atoms with Crippen LogP contribution in [-0.4, -0.2) is 6.03 Å². The molecule has 5 heteroatoms. The molecule has 0 aliphatic carbocycles. The number of carbonyl (C=O) groups is 1. The fourth-order valence-corrected chi connectivity index (χ4v) is 1.62. The predicted octanol–water partition coefficient (Wildman–Crippen LogP) is 2.69. The number of nitrogens with one attached hydrogen (secondary N) is 2. The van der Waals surface area contributed by atoms with E-state index in [0.717, 1.165) is 17.0 Å². The van der Waals surface area contributed by atoms with Gasteiger partial charge in [-0.2, -0.15) is 0 Å². The molecule has 0 aliphatic heterocycles. The Morgan fingerprint density at radius 2 is 2.11 bits per heavy atom. The average Bonchev–Trinajstić information content (AvgIpc) is 2.72. The van der Waals surface area contributed by atoms with Crippen LogP contribution < -0.4 is 16.4 Å². The molecule has 5 nitrogen and oxygen atoms in total. The number of benzene rings is 1. The Morgan fingerprint density at radius 3 is 2.78 bits per heavy atom. The Hall–Kier alpha value is -2.43. The maximum Gasteiger partial charge on any atom is 0.316 e. The van der Waals surface area contributed by atoms with Gasteiger partial charge in [-0.1, -0.05) is 6.07 Å². The van der Waals surface area contributed by atoms with E-state index in [-0.39, 0.29) is 0 Å². The van der Waals surface area contributed by atoms with Crippen LogP contribution in [0, 0.1) is 6.92 Å². The van der Waals surface area contributed by atoms with Gasteiger partial charge in [-0.05, 0) is 36.8 Å². The first-order chi connectivity index (χ1) is 8.65. The molecule has 2 amide bonds. The van der Waals surface area contributed by atoms with E-state index in [2.05, 4.69) is 10.6 Å². The highest BCUT2D eigenvalue weighted by molar-refractivity contribution is 5.88. The van der Waals surface area contributed by atoms with E-state index >= 15 is 0 Å². The van der Waals surface area contributed by atoms with Gasteiger partial charge in [-0.25, -0.2) is 4.79 Å². The van der Waals surface area contributed by atoms with Crippen molar-refractivity contribution in [2.45, 2.75) is 13.5 Å². The highest BCUT2D eigenvalue weighted by atomic mass is 16.3. The van der Waals surface area contributed by atoms with Gasteiger partial charge in [0.1, 0.15) is 5.76 Å². The molecule has 1 aromatic heterocycles. The summed E-state index contributed by atoms with van der Waals surface area (Å²) >= 11 is 0. The quantitative estimate of drug-likeness (QED) is 0.774. The summed E-state index contributed by atoms with van der Waals surface area (Å²) in [4.78, 5) is 10.7. The maximum absolute atomic E-state index is 10.7. The highest BCUT2D eigenvalue weighted by Gasteiger charge is 2.02. The molecule has 94 valence electrons. The van der Waals surface area contributed by atoms with Crippen molar-refractivity contribution in [3.8, 4) is 0 Å². The van der Waals surface area contributed by atoms with E-state index in [1.807, 2.05) is 31.2 Å². The lowest BCUT2D eigenvalue weighted by Crippen LogP contribution is -2.19. The zero-order chi connectivity index (χ0) is 13.0. The van der Waals surface area contributed by atoms with Crippen molar-refractivity contribution in [3.05, 3.63) is 47.9 Å². The number of urea groups is 1. The number of rotatable bonds is 4. The lowest BCUT2D eigenvalue weighted by Gasteiger charge is -2.07. The second kappa shape index (κ2) is 5.27. The second-order valence-electron chi connectivity index (χ2n) is 3.95. The smallest absolute Gasteiger partial charge is 0.316 e. The van der Waals surface area contributed by atoms with Gasteiger partial charge in [0.2, 0.25) is 0 Å². The molecule has 4 N–H and O–H groups in total. The minimum Gasteiger partial charge on any atom is -0.467 e. The fraction of sp³-hybridized carbons (Fsp3) is 0.154. The van der Waals surface area contributed by atoms with Crippen LogP contribution in [0.25, 0.3) is 0 Å². The van der Waals surface area contributed by atoms with Gasteiger partial charge in [0.25, 0.3) is 0 Å². The first-order valence-corrected chi connectivity index (χ1v) is 5.58. The van der Waals surface area contributed by atoms with Crippen molar-refractivity contribution < 1.29 is 9.21 Å². The molecule has 1 aromatic carbocycles. The number of amides is 2. The minimum absolute atomic E-state index is 0.575. The zero-order valence-electron chi connectivity index (χ0n) is 10.1. The van der Waals surface area contributed by atoms with Crippen LogP contribution in [0.3, 0.4) is 0 Å². The summed E-state index contributed by atoms with van der Waals surface area (Å²) in [5.74, 6) is 0.892. The number of carbonyl (C=O) groups excluding carboxylic acids is 1. The van der Waals surface area contributed by atoms with Gasteiger partial charge >= 0.3 is 6.03 Å². The SMILES string of the molecule is Cc1ccoc1CNc1cccc(NC(N)=O)c1. The number of furan rings is 1. The number of hydrogen-bond acceptors (Lipinski definition) is 3. The molecule has 0 atom stereocenters. The maximum atomic E-state index is 10.7. The molecule has 0 radical (unpaired) electrons. The largest absolute Gasteiger partial charge is 0.467 e. The third kappa shape index (κ3) is 3.04. The van der Waals surface area contributed by atoms with Crippen molar-refractivity contribution in [1.29, 1.82) is 0 Å². The first-order valence-electron chi connectivity index (χ1n) is 5.58. The Kier molecular flexibility index (Phi) is 3.52. The van der Waals surface area contributed by atoms with Gasteiger partial charge < -0.3 is 20.8 Å². The van der Waals surface area contributed by atoms with Crippen LogP contribution in [0.4, 0.5) is 16.2 Å². The summed E-state index contributed by atoms with van der Waals surface area (Å²) < 4.78 is 5.33. The molecular weight excluding hydrogens is 230 g/mol. The molecular formula is C13H15N3O2. The number of nitrogens with two attached hydrogens (primary N) is 1. The molecule has 0 fully saturated rings. The van der Waals surface area contributed by atoms with Gasteiger partial charge in [-0.3, -0.25) is 0 Å².